The molecule has 0 aliphatic heterocycles. The van der Waals surface area contributed by atoms with Crippen LogP contribution in [0.4, 0.5) is 5.69 Å². The molecule has 0 unspecified atom stereocenters. The molecule has 0 radical (unpaired) electrons. The van der Waals surface area contributed by atoms with Gasteiger partial charge < -0.3 is 15.0 Å². The lowest BCUT2D eigenvalue weighted by molar-refractivity contribution is 0.102. The molecule has 0 bridgehead atoms. The van der Waals surface area contributed by atoms with Crippen molar-refractivity contribution in [3.63, 3.8) is 0 Å². The summed E-state index contributed by atoms with van der Waals surface area (Å²) in [6.45, 7) is 0. The van der Waals surface area contributed by atoms with Crippen LogP contribution in [0.5, 0.6) is 5.75 Å². The van der Waals surface area contributed by atoms with Gasteiger partial charge in [-0.2, -0.15) is 0 Å². The van der Waals surface area contributed by atoms with Crippen molar-refractivity contribution >= 4 is 22.8 Å². The smallest absolute Gasteiger partial charge is 0.257 e. The van der Waals surface area contributed by atoms with Crippen LogP contribution >= 0.6 is 0 Å². The van der Waals surface area contributed by atoms with Gasteiger partial charge in [-0.3, -0.25) is 4.79 Å². The third-order valence-corrected chi connectivity index (χ3v) is 5.32. The number of phenols is 1. The zero-order valence-corrected chi connectivity index (χ0v) is 14.4. The summed E-state index contributed by atoms with van der Waals surface area (Å²) in [5, 5.41) is 13.1. The van der Waals surface area contributed by atoms with Crippen LogP contribution in [-0.4, -0.2) is 25.5 Å². The number of nitrogens with one attached hydrogen (secondary N) is 1. The van der Waals surface area contributed by atoms with Crippen molar-refractivity contribution in [3.05, 3.63) is 47.4 Å². The van der Waals surface area contributed by atoms with E-state index < -0.39 is 0 Å². The molecule has 2 heterocycles. The fourth-order valence-electron chi connectivity index (χ4n) is 3.73. The van der Waals surface area contributed by atoms with E-state index in [-0.39, 0.29) is 11.7 Å². The summed E-state index contributed by atoms with van der Waals surface area (Å²) in [6, 6.07) is 5.93. The monoisotopic (exact) mass is 348 g/mol. The number of benzene rings is 1. The molecule has 1 amide bonds. The average Bonchev–Trinajstić information content (AvgIpc) is 3.41. The van der Waals surface area contributed by atoms with Crippen molar-refractivity contribution in [1.82, 2.24) is 14.5 Å². The number of imidazole rings is 1. The molecule has 0 spiro atoms. The zero-order valence-electron chi connectivity index (χ0n) is 14.4. The molecule has 1 aromatic carbocycles. The summed E-state index contributed by atoms with van der Waals surface area (Å²) in [5.74, 6) is -0.169. The SMILES string of the molecule is O=C(Nc1cc2c(cc1O)CCCC2)c1cnc2c(c1)ncn2C1CC1. The molecular formula is C20H20N4O2. The van der Waals surface area contributed by atoms with Crippen LogP contribution in [0.25, 0.3) is 11.2 Å². The molecule has 2 N–H and O–H groups in total. The van der Waals surface area contributed by atoms with Gasteiger partial charge in [-0.15, -0.1) is 0 Å². The number of fused-ring (bicyclic) bond motifs is 2. The molecule has 2 aromatic heterocycles. The first-order chi connectivity index (χ1) is 12.7. The lowest BCUT2D eigenvalue weighted by Gasteiger charge is -2.18. The maximum Gasteiger partial charge on any atom is 0.257 e. The van der Waals surface area contributed by atoms with E-state index in [0.717, 1.165) is 49.7 Å². The highest BCUT2D eigenvalue weighted by Crippen LogP contribution is 2.36. The molecule has 5 rings (SSSR count). The third kappa shape index (κ3) is 2.62. The Hall–Kier alpha value is -2.89. The summed E-state index contributed by atoms with van der Waals surface area (Å²) in [6.07, 6.45) is 9.97. The number of phenolic OH excluding ortho intramolecular Hbond substituents is 1. The molecule has 2 aliphatic carbocycles. The third-order valence-electron chi connectivity index (χ3n) is 5.32. The number of aryl methyl sites for hydroxylation is 2. The maximum absolute atomic E-state index is 12.6. The fourth-order valence-corrected chi connectivity index (χ4v) is 3.73. The van der Waals surface area contributed by atoms with Crippen LogP contribution in [0.3, 0.4) is 0 Å². The van der Waals surface area contributed by atoms with E-state index in [1.807, 2.05) is 6.07 Å². The summed E-state index contributed by atoms with van der Waals surface area (Å²) in [4.78, 5) is 21.4. The van der Waals surface area contributed by atoms with Gasteiger partial charge in [0, 0.05) is 12.2 Å². The summed E-state index contributed by atoms with van der Waals surface area (Å²) in [7, 11) is 0. The predicted molar refractivity (Wildman–Crippen MR) is 98.5 cm³/mol. The number of amides is 1. The van der Waals surface area contributed by atoms with E-state index in [2.05, 4.69) is 19.9 Å². The molecule has 1 fully saturated rings. The average molecular weight is 348 g/mol. The number of aromatic hydroxyl groups is 1. The molecule has 3 aromatic rings. The minimum Gasteiger partial charge on any atom is -0.506 e. The van der Waals surface area contributed by atoms with Crippen LogP contribution in [-0.2, 0) is 12.8 Å². The van der Waals surface area contributed by atoms with E-state index in [0.29, 0.717) is 17.3 Å². The van der Waals surface area contributed by atoms with E-state index in [1.165, 1.54) is 11.1 Å². The topological polar surface area (TPSA) is 80.0 Å². The maximum atomic E-state index is 12.6. The fraction of sp³-hybridized carbons (Fsp3) is 0.350. The van der Waals surface area contributed by atoms with Crippen LogP contribution in [0, 0.1) is 0 Å². The highest BCUT2D eigenvalue weighted by Gasteiger charge is 2.25. The second kappa shape index (κ2) is 5.83. The van der Waals surface area contributed by atoms with Gasteiger partial charge in [-0.05, 0) is 67.9 Å². The van der Waals surface area contributed by atoms with Gasteiger partial charge in [0.05, 0.1) is 17.6 Å². The minimum atomic E-state index is -0.286. The lowest BCUT2D eigenvalue weighted by atomic mass is 9.91. The zero-order chi connectivity index (χ0) is 17.7. The van der Waals surface area contributed by atoms with Gasteiger partial charge in [-0.1, -0.05) is 0 Å². The van der Waals surface area contributed by atoms with Crippen molar-refractivity contribution in [2.75, 3.05) is 5.32 Å². The number of hydrogen-bond acceptors (Lipinski definition) is 4. The Bertz CT molecular complexity index is 1020. The number of anilines is 1. The highest BCUT2D eigenvalue weighted by atomic mass is 16.3. The molecule has 2 aliphatic rings. The molecular weight excluding hydrogens is 328 g/mol. The van der Waals surface area contributed by atoms with Crippen LogP contribution in [0.1, 0.15) is 53.2 Å². The van der Waals surface area contributed by atoms with Gasteiger partial charge in [0.1, 0.15) is 11.3 Å². The molecule has 6 heteroatoms. The Morgan fingerprint density at radius 1 is 1.12 bits per heavy atom. The van der Waals surface area contributed by atoms with Crippen LogP contribution in [0.2, 0.25) is 0 Å². The summed E-state index contributed by atoms with van der Waals surface area (Å²) in [5.41, 5.74) is 4.83. The first kappa shape index (κ1) is 15.4. The molecule has 0 saturated heterocycles. The van der Waals surface area contributed by atoms with Gasteiger partial charge in [0.15, 0.2) is 5.65 Å². The lowest BCUT2D eigenvalue weighted by Crippen LogP contribution is -2.13. The molecule has 6 nitrogen and oxygen atoms in total. The molecule has 132 valence electrons. The van der Waals surface area contributed by atoms with Crippen molar-refractivity contribution < 1.29 is 9.90 Å². The Morgan fingerprint density at radius 2 is 1.88 bits per heavy atom. The van der Waals surface area contributed by atoms with Crippen molar-refractivity contribution in [2.24, 2.45) is 0 Å². The minimum absolute atomic E-state index is 0.117. The number of pyridine rings is 1. The second-order valence-corrected chi connectivity index (χ2v) is 7.25. The van der Waals surface area contributed by atoms with E-state index >= 15 is 0 Å². The second-order valence-electron chi connectivity index (χ2n) is 7.25. The standard InChI is InChI=1S/C20H20N4O2/c25-18-9-13-4-2-1-3-12(13)7-16(18)23-20(26)14-8-17-19(21-10-14)24(11-22-17)15-5-6-15/h7-11,15,25H,1-6H2,(H,23,26). The molecule has 26 heavy (non-hydrogen) atoms. The van der Waals surface area contributed by atoms with Crippen molar-refractivity contribution in [2.45, 2.75) is 44.6 Å². The number of rotatable bonds is 3. The number of nitrogens with zero attached hydrogens (tertiary/aromatic N) is 3. The van der Waals surface area contributed by atoms with Gasteiger partial charge in [0.25, 0.3) is 5.91 Å². The predicted octanol–water partition coefficient (Wildman–Crippen LogP) is 3.60. The van der Waals surface area contributed by atoms with Crippen LogP contribution in [0.15, 0.2) is 30.7 Å². The highest BCUT2D eigenvalue weighted by molar-refractivity contribution is 6.06. The first-order valence-electron chi connectivity index (χ1n) is 9.18. The van der Waals surface area contributed by atoms with Crippen molar-refractivity contribution in [3.8, 4) is 5.75 Å². The number of carbonyl (C=O) groups excluding carboxylic acids is 1. The van der Waals surface area contributed by atoms with E-state index in [4.69, 9.17) is 0 Å². The number of carbonyl (C=O) groups is 1. The molecule has 1 saturated carbocycles. The van der Waals surface area contributed by atoms with Gasteiger partial charge in [0.2, 0.25) is 0 Å². The Labute approximate surface area is 150 Å². The quantitative estimate of drug-likeness (QED) is 0.709. The Kier molecular flexibility index (Phi) is 3.45. The summed E-state index contributed by atoms with van der Waals surface area (Å²) < 4.78 is 2.08. The van der Waals surface area contributed by atoms with E-state index in [9.17, 15) is 9.90 Å². The summed E-state index contributed by atoms with van der Waals surface area (Å²) >= 11 is 0. The number of aromatic nitrogens is 3. The van der Waals surface area contributed by atoms with Gasteiger partial charge in [-0.25, -0.2) is 9.97 Å². The Morgan fingerprint density at radius 3 is 2.65 bits per heavy atom. The van der Waals surface area contributed by atoms with E-state index in [1.54, 1.807) is 24.7 Å². The van der Waals surface area contributed by atoms with Crippen LogP contribution < -0.4 is 5.32 Å². The molecule has 0 atom stereocenters. The first-order valence-corrected chi connectivity index (χ1v) is 9.18. The normalized spacial score (nSPS) is 16.5. The number of hydrogen-bond donors (Lipinski definition) is 2. The van der Waals surface area contributed by atoms with Gasteiger partial charge >= 0.3 is 0 Å². The van der Waals surface area contributed by atoms with Crippen molar-refractivity contribution in [1.29, 1.82) is 0 Å². The largest absolute Gasteiger partial charge is 0.506 e. The Balaban J connectivity index is 1.42.